The summed E-state index contributed by atoms with van der Waals surface area (Å²) in [5.41, 5.74) is -1.64. The third kappa shape index (κ3) is 4.15. The molecular formula is C17H15F3N4O3. The molecule has 10 heteroatoms. The number of nitrogens with one attached hydrogen (secondary N) is 2. The molecular weight excluding hydrogens is 365 g/mol. The van der Waals surface area contributed by atoms with Crippen molar-refractivity contribution in [1.29, 1.82) is 0 Å². The molecule has 1 saturated heterocycles. The van der Waals surface area contributed by atoms with Crippen LogP contribution in [0.1, 0.15) is 27.9 Å². The van der Waals surface area contributed by atoms with E-state index in [1.54, 1.807) is 0 Å². The summed E-state index contributed by atoms with van der Waals surface area (Å²) < 4.78 is 39.3. The number of likely N-dealkylation sites (tertiary alicyclic amines) is 1. The Labute approximate surface area is 151 Å². The quantitative estimate of drug-likeness (QED) is 0.836. The van der Waals surface area contributed by atoms with Gasteiger partial charge in [-0.05, 0) is 11.6 Å². The van der Waals surface area contributed by atoms with Gasteiger partial charge in [0, 0.05) is 25.7 Å². The molecule has 3 rings (SSSR count). The van der Waals surface area contributed by atoms with Gasteiger partial charge in [0.1, 0.15) is 5.56 Å². The maximum absolute atomic E-state index is 13.1. The normalized spacial score (nSPS) is 17.2. The van der Waals surface area contributed by atoms with Crippen LogP contribution in [-0.4, -0.2) is 39.3 Å². The molecule has 1 atom stereocenters. The monoisotopic (exact) mass is 380 g/mol. The lowest BCUT2D eigenvalue weighted by atomic mass is 10.1. The lowest BCUT2D eigenvalue weighted by Crippen LogP contribution is -2.39. The van der Waals surface area contributed by atoms with Crippen molar-refractivity contribution in [2.75, 3.05) is 6.54 Å². The second-order valence-electron chi connectivity index (χ2n) is 6.10. The predicted octanol–water partition coefficient (Wildman–Crippen LogP) is 1.32. The van der Waals surface area contributed by atoms with Gasteiger partial charge in [-0.1, -0.05) is 18.2 Å². The number of aromatic nitrogens is 2. The zero-order valence-corrected chi connectivity index (χ0v) is 13.9. The third-order valence-corrected chi connectivity index (χ3v) is 4.20. The van der Waals surface area contributed by atoms with E-state index in [2.05, 4.69) is 15.3 Å². The van der Waals surface area contributed by atoms with Gasteiger partial charge in [0.2, 0.25) is 5.91 Å². The summed E-state index contributed by atoms with van der Waals surface area (Å²) in [5, 5.41) is 2.54. The second kappa shape index (κ2) is 7.22. The third-order valence-electron chi connectivity index (χ3n) is 4.20. The van der Waals surface area contributed by atoms with Gasteiger partial charge in [0.25, 0.3) is 11.5 Å². The van der Waals surface area contributed by atoms with Gasteiger partial charge in [-0.15, -0.1) is 0 Å². The summed E-state index contributed by atoms with van der Waals surface area (Å²) >= 11 is 0. The lowest BCUT2D eigenvalue weighted by molar-refractivity contribution is -0.139. The first kappa shape index (κ1) is 18.6. The van der Waals surface area contributed by atoms with E-state index in [-0.39, 0.29) is 36.5 Å². The first-order valence-corrected chi connectivity index (χ1v) is 8.02. The van der Waals surface area contributed by atoms with Crippen LogP contribution >= 0.6 is 0 Å². The molecule has 0 radical (unpaired) electrons. The van der Waals surface area contributed by atoms with E-state index < -0.39 is 29.2 Å². The Hall–Kier alpha value is -3.17. The zero-order valence-electron chi connectivity index (χ0n) is 13.9. The van der Waals surface area contributed by atoms with E-state index in [1.807, 2.05) is 0 Å². The Bertz CT molecular complexity index is 926. The number of benzene rings is 1. The maximum atomic E-state index is 13.1. The number of H-pyrrole nitrogens is 1. The van der Waals surface area contributed by atoms with Crippen molar-refractivity contribution < 1.29 is 22.8 Å². The Morgan fingerprint density at radius 1 is 1.30 bits per heavy atom. The van der Waals surface area contributed by atoms with Gasteiger partial charge in [-0.25, -0.2) is 4.98 Å². The van der Waals surface area contributed by atoms with Crippen molar-refractivity contribution in [1.82, 2.24) is 20.2 Å². The molecule has 7 nitrogen and oxygen atoms in total. The van der Waals surface area contributed by atoms with Gasteiger partial charge in [0.15, 0.2) is 0 Å². The Balaban J connectivity index is 1.69. The number of hydrogen-bond donors (Lipinski definition) is 2. The van der Waals surface area contributed by atoms with Crippen LogP contribution in [0.3, 0.4) is 0 Å². The number of aromatic amines is 1. The number of halogens is 3. The van der Waals surface area contributed by atoms with Gasteiger partial charge in [-0.2, -0.15) is 13.2 Å². The molecule has 0 bridgehead atoms. The molecule has 2 N–H and O–H groups in total. The molecule has 1 aliphatic rings. The SMILES string of the molecule is O=C(NC1CC(=O)N(Cc2ccccc2C(F)(F)F)C1)c1cnc[nH]c1=O. The van der Waals surface area contributed by atoms with Crippen LogP contribution in [0.2, 0.25) is 0 Å². The number of carbonyl (C=O) groups excluding carboxylic acids is 2. The molecule has 1 aromatic carbocycles. The second-order valence-corrected chi connectivity index (χ2v) is 6.10. The van der Waals surface area contributed by atoms with Crippen LogP contribution in [0.25, 0.3) is 0 Å². The van der Waals surface area contributed by atoms with Gasteiger partial charge < -0.3 is 15.2 Å². The number of hydrogen-bond acceptors (Lipinski definition) is 4. The summed E-state index contributed by atoms with van der Waals surface area (Å²) in [6.45, 7) is -0.163. The molecule has 0 spiro atoms. The van der Waals surface area contributed by atoms with Gasteiger partial charge >= 0.3 is 6.18 Å². The summed E-state index contributed by atoms with van der Waals surface area (Å²) in [7, 11) is 0. The fourth-order valence-corrected chi connectivity index (χ4v) is 2.93. The van der Waals surface area contributed by atoms with Crippen LogP contribution in [-0.2, 0) is 17.5 Å². The average Bonchev–Trinajstić information content (AvgIpc) is 2.94. The van der Waals surface area contributed by atoms with Crippen LogP contribution in [0.15, 0.2) is 41.6 Å². The molecule has 1 fully saturated rings. The highest BCUT2D eigenvalue weighted by atomic mass is 19.4. The number of alkyl halides is 3. The number of carbonyl (C=O) groups is 2. The van der Waals surface area contributed by atoms with Crippen molar-refractivity contribution in [2.24, 2.45) is 0 Å². The van der Waals surface area contributed by atoms with Crippen molar-refractivity contribution in [2.45, 2.75) is 25.2 Å². The fraction of sp³-hybridized carbons (Fsp3) is 0.294. The van der Waals surface area contributed by atoms with E-state index in [0.717, 1.165) is 18.6 Å². The van der Waals surface area contributed by atoms with E-state index in [9.17, 15) is 27.6 Å². The van der Waals surface area contributed by atoms with Crippen LogP contribution in [0, 0.1) is 0 Å². The standard InChI is InChI=1S/C17H15F3N4O3/c18-17(19,20)13-4-2-1-3-10(13)7-24-8-11(5-14(24)25)23-16(27)12-6-21-9-22-15(12)26/h1-4,6,9,11H,5,7-8H2,(H,23,27)(H,21,22,26). The summed E-state index contributed by atoms with van der Waals surface area (Å²) in [5.74, 6) is -1.07. The molecule has 0 aliphatic carbocycles. The molecule has 142 valence electrons. The molecule has 2 amide bonds. The van der Waals surface area contributed by atoms with E-state index in [4.69, 9.17) is 0 Å². The number of amides is 2. The van der Waals surface area contributed by atoms with Crippen molar-refractivity contribution in [3.63, 3.8) is 0 Å². The minimum atomic E-state index is -4.52. The highest BCUT2D eigenvalue weighted by molar-refractivity contribution is 5.94. The Morgan fingerprint density at radius 2 is 2.04 bits per heavy atom. The largest absolute Gasteiger partial charge is 0.416 e. The fourth-order valence-electron chi connectivity index (χ4n) is 2.93. The number of rotatable bonds is 4. The highest BCUT2D eigenvalue weighted by Gasteiger charge is 2.36. The van der Waals surface area contributed by atoms with E-state index >= 15 is 0 Å². The molecule has 1 aromatic heterocycles. The predicted molar refractivity (Wildman–Crippen MR) is 87.6 cm³/mol. The Morgan fingerprint density at radius 3 is 2.74 bits per heavy atom. The first-order chi connectivity index (χ1) is 12.8. The average molecular weight is 380 g/mol. The highest BCUT2D eigenvalue weighted by Crippen LogP contribution is 2.32. The summed E-state index contributed by atoms with van der Waals surface area (Å²) in [6.07, 6.45) is -2.34. The molecule has 1 aliphatic heterocycles. The van der Waals surface area contributed by atoms with Crippen molar-refractivity contribution >= 4 is 11.8 Å². The van der Waals surface area contributed by atoms with Crippen molar-refractivity contribution in [3.05, 3.63) is 63.8 Å². The van der Waals surface area contributed by atoms with Gasteiger partial charge in [-0.3, -0.25) is 14.4 Å². The van der Waals surface area contributed by atoms with E-state index in [1.165, 1.54) is 23.1 Å². The van der Waals surface area contributed by atoms with Crippen LogP contribution in [0.5, 0.6) is 0 Å². The van der Waals surface area contributed by atoms with E-state index in [0.29, 0.717) is 0 Å². The van der Waals surface area contributed by atoms with Crippen LogP contribution < -0.4 is 10.9 Å². The minimum Gasteiger partial charge on any atom is -0.347 e. The molecule has 0 saturated carbocycles. The van der Waals surface area contributed by atoms with Crippen molar-refractivity contribution in [3.8, 4) is 0 Å². The smallest absolute Gasteiger partial charge is 0.347 e. The Kier molecular flexibility index (Phi) is 4.98. The lowest BCUT2D eigenvalue weighted by Gasteiger charge is -2.20. The number of nitrogens with zero attached hydrogens (tertiary/aromatic N) is 2. The summed E-state index contributed by atoms with van der Waals surface area (Å²) in [4.78, 5) is 43.0. The first-order valence-electron chi connectivity index (χ1n) is 8.02. The van der Waals surface area contributed by atoms with Gasteiger partial charge in [0.05, 0.1) is 17.9 Å². The van der Waals surface area contributed by atoms with Crippen LogP contribution in [0.4, 0.5) is 13.2 Å². The molecule has 2 heterocycles. The molecule has 2 aromatic rings. The summed E-state index contributed by atoms with van der Waals surface area (Å²) in [6, 6.07) is 4.43. The minimum absolute atomic E-state index is 0.0194. The zero-order chi connectivity index (χ0) is 19.6. The molecule has 1 unspecified atom stereocenters. The maximum Gasteiger partial charge on any atom is 0.416 e. The topological polar surface area (TPSA) is 95.2 Å². The molecule has 27 heavy (non-hydrogen) atoms.